The van der Waals surface area contributed by atoms with E-state index < -0.39 is 10.0 Å². The minimum atomic E-state index is -3.55. The van der Waals surface area contributed by atoms with Crippen LogP contribution in [-0.4, -0.2) is 30.9 Å². The molecule has 1 rings (SSSR count). The summed E-state index contributed by atoms with van der Waals surface area (Å²) in [5.41, 5.74) is 2.24. The standard InChI is InChI=1S/C15H23NO3S/c1-5-7-16(8-6-2)20(18,19)15-10-14(11-17)12(3)9-13(15)4/h5,9-10,17H,1,6-8,11H2,2-4H3. The number of hydrogen-bond donors (Lipinski definition) is 1. The molecule has 1 aromatic rings. The van der Waals surface area contributed by atoms with Gasteiger partial charge < -0.3 is 5.11 Å². The number of rotatable bonds is 7. The van der Waals surface area contributed by atoms with Gasteiger partial charge in [0.05, 0.1) is 11.5 Å². The van der Waals surface area contributed by atoms with Gasteiger partial charge in [-0.05, 0) is 43.0 Å². The van der Waals surface area contributed by atoms with Gasteiger partial charge in [0.2, 0.25) is 10.0 Å². The Morgan fingerprint density at radius 3 is 2.45 bits per heavy atom. The molecular formula is C15H23NO3S. The van der Waals surface area contributed by atoms with E-state index in [4.69, 9.17) is 0 Å². The molecule has 1 aromatic carbocycles. The van der Waals surface area contributed by atoms with Crippen LogP contribution in [0.15, 0.2) is 29.7 Å². The topological polar surface area (TPSA) is 57.6 Å². The highest BCUT2D eigenvalue weighted by Gasteiger charge is 2.25. The van der Waals surface area contributed by atoms with E-state index >= 15 is 0 Å². The molecule has 0 radical (unpaired) electrons. The van der Waals surface area contributed by atoms with Crippen molar-refractivity contribution in [2.75, 3.05) is 13.1 Å². The van der Waals surface area contributed by atoms with E-state index in [-0.39, 0.29) is 18.0 Å². The fraction of sp³-hybridized carbons (Fsp3) is 0.467. The second-order valence-electron chi connectivity index (χ2n) is 4.85. The minimum Gasteiger partial charge on any atom is -0.392 e. The number of nitrogens with zero attached hydrogens (tertiary/aromatic N) is 1. The molecule has 0 spiro atoms. The van der Waals surface area contributed by atoms with Gasteiger partial charge in [-0.2, -0.15) is 4.31 Å². The molecule has 0 atom stereocenters. The molecule has 112 valence electrons. The summed E-state index contributed by atoms with van der Waals surface area (Å²) < 4.78 is 26.8. The van der Waals surface area contributed by atoms with Gasteiger partial charge in [-0.1, -0.05) is 19.1 Å². The van der Waals surface area contributed by atoms with Crippen molar-refractivity contribution >= 4 is 10.0 Å². The molecule has 0 aliphatic carbocycles. The van der Waals surface area contributed by atoms with Gasteiger partial charge in [-0.3, -0.25) is 0 Å². The summed E-state index contributed by atoms with van der Waals surface area (Å²) in [4.78, 5) is 0.266. The van der Waals surface area contributed by atoms with Crippen LogP contribution in [0.4, 0.5) is 0 Å². The molecular weight excluding hydrogens is 274 g/mol. The van der Waals surface area contributed by atoms with Crippen molar-refractivity contribution in [1.82, 2.24) is 4.31 Å². The maximum Gasteiger partial charge on any atom is 0.243 e. The number of benzene rings is 1. The summed E-state index contributed by atoms with van der Waals surface area (Å²) in [6.07, 6.45) is 2.33. The smallest absolute Gasteiger partial charge is 0.243 e. The molecule has 0 bridgehead atoms. The summed E-state index contributed by atoms with van der Waals surface area (Å²) in [6, 6.07) is 3.38. The Labute approximate surface area is 121 Å². The molecule has 0 aliphatic heterocycles. The van der Waals surface area contributed by atoms with Crippen LogP contribution in [0.1, 0.15) is 30.0 Å². The molecule has 0 fully saturated rings. The third-order valence-corrected chi connectivity index (χ3v) is 5.23. The fourth-order valence-electron chi connectivity index (χ4n) is 2.16. The van der Waals surface area contributed by atoms with E-state index in [0.717, 1.165) is 12.0 Å². The van der Waals surface area contributed by atoms with Crippen molar-refractivity contribution in [3.8, 4) is 0 Å². The number of aliphatic hydroxyl groups excluding tert-OH is 1. The Balaban J connectivity index is 3.36. The number of aliphatic hydroxyl groups is 1. The predicted molar refractivity (Wildman–Crippen MR) is 81.1 cm³/mol. The molecule has 0 saturated heterocycles. The average Bonchev–Trinajstić information content (AvgIpc) is 2.38. The van der Waals surface area contributed by atoms with E-state index in [9.17, 15) is 13.5 Å². The quantitative estimate of drug-likeness (QED) is 0.786. The monoisotopic (exact) mass is 297 g/mol. The summed E-state index contributed by atoms with van der Waals surface area (Å²) >= 11 is 0. The van der Waals surface area contributed by atoms with Crippen molar-refractivity contribution in [1.29, 1.82) is 0 Å². The first-order valence-corrected chi connectivity index (χ1v) is 8.14. The zero-order valence-corrected chi connectivity index (χ0v) is 13.2. The van der Waals surface area contributed by atoms with Crippen LogP contribution in [0.2, 0.25) is 0 Å². The highest BCUT2D eigenvalue weighted by molar-refractivity contribution is 7.89. The van der Waals surface area contributed by atoms with Gasteiger partial charge in [-0.15, -0.1) is 6.58 Å². The molecule has 4 nitrogen and oxygen atoms in total. The maximum atomic E-state index is 12.7. The lowest BCUT2D eigenvalue weighted by Crippen LogP contribution is -2.32. The molecule has 0 heterocycles. The summed E-state index contributed by atoms with van der Waals surface area (Å²) in [5, 5.41) is 9.32. The van der Waals surface area contributed by atoms with Crippen molar-refractivity contribution in [2.24, 2.45) is 0 Å². The first kappa shape index (κ1) is 16.9. The van der Waals surface area contributed by atoms with Crippen LogP contribution in [0.5, 0.6) is 0 Å². The SMILES string of the molecule is C=CCN(CCC)S(=O)(=O)c1cc(CO)c(C)cc1C. The van der Waals surface area contributed by atoms with Gasteiger partial charge in [0.1, 0.15) is 0 Å². The Kier molecular flexibility index (Phi) is 5.92. The lowest BCUT2D eigenvalue weighted by molar-refractivity contribution is 0.280. The molecule has 1 N–H and O–H groups in total. The zero-order valence-electron chi connectivity index (χ0n) is 12.4. The van der Waals surface area contributed by atoms with Gasteiger partial charge >= 0.3 is 0 Å². The minimum absolute atomic E-state index is 0.163. The van der Waals surface area contributed by atoms with Crippen molar-refractivity contribution in [3.63, 3.8) is 0 Å². The predicted octanol–water partition coefficient (Wildman–Crippen LogP) is 2.38. The van der Waals surface area contributed by atoms with E-state index in [1.165, 1.54) is 4.31 Å². The van der Waals surface area contributed by atoms with Crippen LogP contribution in [0.3, 0.4) is 0 Å². The number of sulfonamides is 1. The maximum absolute atomic E-state index is 12.7. The molecule has 0 aliphatic rings. The molecule has 0 aromatic heterocycles. The van der Waals surface area contributed by atoms with Crippen LogP contribution in [0.25, 0.3) is 0 Å². The second kappa shape index (κ2) is 7.02. The first-order chi connectivity index (χ1) is 9.38. The lowest BCUT2D eigenvalue weighted by Gasteiger charge is -2.22. The summed E-state index contributed by atoms with van der Waals surface area (Å²) in [7, 11) is -3.55. The van der Waals surface area contributed by atoms with Crippen molar-refractivity contribution < 1.29 is 13.5 Å². The van der Waals surface area contributed by atoms with E-state index in [1.807, 2.05) is 13.8 Å². The Hall–Kier alpha value is -1.17. The highest BCUT2D eigenvalue weighted by Crippen LogP contribution is 2.24. The van der Waals surface area contributed by atoms with Gasteiger partial charge in [0.25, 0.3) is 0 Å². The highest BCUT2D eigenvalue weighted by atomic mass is 32.2. The van der Waals surface area contributed by atoms with Crippen molar-refractivity contribution in [2.45, 2.75) is 38.7 Å². The Morgan fingerprint density at radius 1 is 1.30 bits per heavy atom. The van der Waals surface area contributed by atoms with Gasteiger partial charge in [-0.25, -0.2) is 8.42 Å². The van der Waals surface area contributed by atoms with Crippen LogP contribution in [-0.2, 0) is 16.6 Å². The fourth-order valence-corrected chi connectivity index (χ4v) is 3.92. The third-order valence-electron chi connectivity index (χ3n) is 3.23. The average molecular weight is 297 g/mol. The molecule has 0 unspecified atom stereocenters. The third kappa shape index (κ3) is 3.48. The Bertz CT molecular complexity index is 579. The largest absolute Gasteiger partial charge is 0.392 e. The van der Waals surface area contributed by atoms with Gasteiger partial charge in [0.15, 0.2) is 0 Å². The van der Waals surface area contributed by atoms with E-state index in [2.05, 4.69) is 6.58 Å². The van der Waals surface area contributed by atoms with E-state index in [0.29, 0.717) is 17.7 Å². The number of hydrogen-bond acceptors (Lipinski definition) is 3. The lowest BCUT2D eigenvalue weighted by atomic mass is 10.1. The molecule has 0 amide bonds. The van der Waals surface area contributed by atoms with Crippen molar-refractivity contribution in [3.05, 3.63) is 41.5 Å². The second-order valence-corrected chi connectivity index (χ2v) is 6.76. The zero-order chi connectivity index (χ0) is 15.3. The normalized spacial score (nSPS) is 11.8. The summed E-state index contributed by atoms with van der Waals surface area (Å²) in [5.74, 6) is 0. The molecule has 20 heavy (non-hydrogen) atoms. The molecule has 5 heteroatoms. The Morgan fingerprint density at radius 2 is 1.95 bits per heavy atom. The summed E-state index contributed by atoms with van der Waals surface area (Å²) in [6.45, 7) is 9.77. The van der Waals surface area contributed by atoms with E-state index in [1.54, 1.807) is 25.1 Å². The molecule has 0 saturated carbocycles. The first-order valence-electron chi connectivity index (χ1n) is 6.70. The van der Waals surface area contributed by atoms with Crippen LogP contribution < -0.4 is 0 Å². The van der Waals surface area contributed by atoms with Crippen LogP contribution in [0, 0.1) is 13.8 Å². The van der Waals surface area contributed by atoms with Crippen LogP contribution >= 0.6 is 0 Å². The number of aryl methyl sites for hydroxylation is 2. The van der Waals surface area contributed by atoms with Gasteiger partial charge in [0, 0.05) is 13.1 Å².